The van der Waals surface area contributed by atoms with E-state index in [9.17, 15) is 14.4 Å². The van der Waals surface area contributed by atoms with Crippen LogP contribution < -0.4 is 10.6 Å². The SMILES string of the molecule is COC(=O)CC1N=C(c2cccc(CNC(=O)OC(C)(C)C)c2)c2cc(Cl)ccc2NC1=O. The number of benzene rings is 2. The van der Waals surface area contributed by atoms with Gasteiger partial charge in [0.25, 0.3) is 0 Å². The Bertz CT molecular complexity index is 1110. The molecule has 1 unspecified atom stereocenters. The third-order valence-electron chi connectivity index (χ3n) is 4.71. The van der Waals surface area contributed by atoms with Crippen LogP contribution in [0.1, 0.15) is 43.9 Å². The van der Waals surface area contributed by atoms with Gasteiger partial charge >= 0.3 is 12.1 Å². The number of methoxy groups -OCH3 is 1. The van der Waals surface area contributed by atoms with Gasteiger partial charge in [-0.1, -0.05) is 29.8 Å². The van der Waals surface area contributed by atoms with Crippen molar-refractivity contribution in [3.05, 3.63) is 64.2 Å². The lowest BCUT2D eigenvalue weighted by Gasteiger charge is -2.19. The van der Waals surface area contributed by atoms with Gasteiger partial charge in [0.2, 0.25) is 5.91 Å². The average molecular weight is 472 g/mol. The molecule has 0 fully saturated rings. The molecule has 2 N–H and O–H groups in total. The Hall–Kier alpha value is -3.39. The highest BCUT2D eigenvalue weighted by Crippen LogP contribution is 2.28. The number of esters is 1. The Morgan fingerprint density at radius 3 is 2.64 bits per heavy atom. The number of carbonyl (C=O) groups excluding carboxylic acids is 3. The third kappa shape index (κ3) is 6.55. The number of nitrogens with one attached hydrogen (secondary N) is 2. The van der Waals surface area contributed by atoms with E-state index in [1.807, 2.05) is 24.3 Å². The molecule has 174 valence electrons. The Labute approximate surface area is 197 Å². The predicted octanol–water partition coefficient (Wildman–Crippen LogP) is 4.09. The number of rotatable bonds is 5. The van der Waals surface area contributed by atoms with Crippen molar-refractivity contribution in [2.24, 2.45) is 4.99 Å². The smallest absolute Gasteiger partial charge is 0.407 e. The second kappa shape index (κ2) is 10.0. The van der Waals surface area contributed by atoms with E-state index in [4.69, 9.17) is 21.1 Å². The summed E-state index contributed by atoms with van der Waals surface area (Å²) in [6.07, 6.45) is -0.724. The van der Waals surface area contributed by atoms with E-state index in [0.29, 0.717) is 27.5 Å². The van der Waals surface area contributed by atoms with Crippen molar-refractivity contribution in [3.63, 3.8) is 0 Å². The number of carbonyl (C=O) groups is 3. The number of anilines is 1. The van der Waals surface area contributed by atoms with E-state index in [0.717, 1.165) is 5.56 Å². The van der Waals surface area contributed by atoms with Gasteiger partial charge < -0.3 is 20.1 Å². The molecular formula is C24H26ClN3O5. The molecule has 0 radical (unpaired) electrons. The molecule has 0 bridgehead atoms. The second-order valence-corrected chi connectivity index (χ2v) is 8.95. The van der Waals surface area contributed by atoms with Crippen LogP contribution in [0.3, 0.4) is 0 Å². The summed E-state index contributed by atoms with van der Waals surface area (Å²) in [5.41, 5.74) is 2.57. The van der Waals surface area contributed by atoms with Gasteiger partial charge in [0.1, 0.15) is 11.6 Å². The first kappa shape index (κ1) is 24.3. The molecule has 0 saturated carbocycles. The van der Waals surface area contributed by atoms with Crippen molar-refractivity contribution in [1.82, 2.24) is 5.32 Å². The van der Waals surface area contributed by atoms with Crippen LogP contribution in [-0.2, 0) is 25.6 Å². The van der Waals surface area contributed by atoms with Crippen LogP contribution in [0.5, 0.6) is 0 Å². The minimum Gasteiger partial charge on any atom is -0.469 e. The van der Waals surface area contributed by atoms with Gasteiger partial charge in [0.05, 0.1) is 24.9 Å². The first-order valence-corrected chi connectivity index (χ1v) is 10.7. The monoisotopic (exact) mass is 471 g/mol. The number of benzodiazepines with no additional fused rings is 1. The van der Waals surface area contributed by atoms with Gasteiger partial charge in [-0.05, 0) is 50.6 Å². The summed E-state index contributed by atoms with van der Waals surface area (Å²) in [4.78, 5) is 41.2. The maximum Gasteiger partial charge on any atom is 0.407 e. The zero-order valence-electron chi connectivity index (χ0n) is 18.9. The largest absolute Gasteiger partial charge is 0.469 e. The van der Waals surface area contributed by atoms with Crippen molar-refractivity contribution in [3.8, 4) is 0 Å². The van der Waals surface area contributed by atoms with Crippen LogP contribution in [0.2, 0.25) is 5.02 Å². The molecular weight excluding hydrogens is 446 g/mol. The molecule has 1 aliphatic rings. The number of nitrogens with zero attached hydrogens (tertiary/aromatic N) is 1. The zero-order chi connectivity index (χ0) is 24.2. The third-order valence-corrected chi connectivity index (χ3v) is 4.94. The summed E-state index contributed by atoms with van der Waals surface area (Å²) >= 11 is 6.23. The van der Waals surface area contributed by atoms with Crippen molar-refractivity contribution < 1.29 is 23.9 Å². The van der Waals surface area contributed by atoms with Crippen molar-refractivity contribution in [1.29, 1.82) is 0 Å². The van der Waals surface area contributed by atoms with Crippen LogP contribution in [-0.4, -0.2) is 42.4 Å². The second-order valence-electron chi connectivity index (χ2n) is 8.51. The van der Waals surface area contributed by atoms with Gasteiger partial charge in [-0.15, -0.1) is 0 Å². The topological polar surface area (TPSA) is 106 Å². The van der Waals surface area contributed by atoms with Crippen LogP contribution >= 0.6 is 11.6 Å². The summed E-state index contributed by atoms with van der Waals surface area (Å²) in [6.45, 7) is 5.61. The molecule has 0 saturated heterocycles. The van der Waals surface area contributed by atoms with E-state index in [2.05, 4.69) is 15.6 Å². The summed E-state index contributed by atoms with van der Waals surface area (Å²) in [6, 6.07) is 11.5. The molecule has 1 heterocycles. The first-order chi connectivity index (χ1) is 15.6. The van der Waals surface area contributed by atoms with E-state index < -0.39 is 29.6 Å². The molecule has 8 nitrogen and oxygen atoms in total. The molecule has 2 aromatic rings. The molecule has 1 atom stereocenters. The predicted molar refractivity (Wildman–Crippen MR) is 126 cm³/mol. The molecule has 0 spiro atoms. The maximum atomic E-state index is 12.7. The van der Waals surface area contributed by atoms with Gasteiger partial charge in [-0.2, -0.15) is 0 Å². The Morgan fingerprint density at radius 2 is 1.94 bits per heavy atom. The van der Waals surface area contributed by atoms with Gasteiger partial charge in [0.15, 0.2) is 0 Å². The molecule has 1 aliphatic heterocycles. The fourth-order valence-electron chi connectivity index (χ4n) is 3.25. The quantitative estimate of drug-likeness (QED) is 0.639. The Kier molecular flexibility index (Phi) is 7.38. The van der Waals surface area contributed by atoms with Gasteiger partial charge in [0, 0.05) is 22.7 Å². The van der Waals surface area contributed by atoms with E-state index in [1.165, 1.54) is 7.11 Å². The molecule has 0 aromatic heterocycles. The highest BCUT2D eigenvalue weighted by atomic mass is 35.5. The summed E-state index contributed by atoms with van der Waals surface area (Å²) in [5, 5.41) is 6.01. The number of alkyl carbamates (subject to hydrolysis) is 1. The number of hydrogen-bond acceptors (Lipinski definition) is 6. The number of halogens is 1. The van der Waals surface area contributed by atoms with Gasteiger partial charge in [-0.3, -0.25) is 14.6 Å². The first-order valence-electron chi connectivity index (χ1n) is 10.4. The standard InChI is InChI=1S/C24H26ClN3O5/c1-24(2,3)33-23(31)26-13-14-6-5-7-15(10-14)21-17-11-16(25)8-9-18(17)28-22(30)19(27-21)12-20(29)32-4/h5-11,19H,12-13H2,1-4H3,(H,26,31)(H,28,30). The fraction of sp³-hybridized carbons (Fsp3) is 0.333. The van der Waals surface area contributed by atoms with Crippen molar-refractivity contribution in [2.75, 3.05) is 12.4 Å². The van der Waals surface area contributed by atoms with Crippen LogP contribution in [0.25, 0.3) is 0 Å². The lowest BCUT2D eigenvalue weighted by Crippen LogP contribution is -2.32. The number of hydrogen-bond donors (Lipinski definition) is 2. The highest BCUT2D eigenvalue weighted by molar-refractivity contribution is 6.32. The highest BCUT2D eigenvalue weighted by Gasteiger charge is 2.28. The number of ether oxygens (including phenoxy) is 2. The van der Waals surface area contributed by atoms with Crippen LogP contribution in [0.15, 0.2) is 47.5 Å². The minimum atomic E-state index is -0.970. The molecule has 2 amide bonds. The number of amides is 2. The summed E-state index contributed by atoms with van der Waals surface area (Å²) in [7, 11) is 1.26. The normalized spacial score (nSPS) is 15.5. The number of fused-ring (bicyclic) bond motifs is 1. The minimum absolute atomic E-state index is 0.201. The number of aliphatic imine (C=N–C) groups is 1. The van der Waals surface area contributed by atoms with E-state index in [-0.39, 0.29) is 13.0 Å². The lowest BCUT2D eigenvalue weighted by atomic mass is 9.98. The van der Waals surface area contributed by atoms with Crippen molar-refractivity contribution in [2.45, 2.75) is 45.4 Å². The Balaban J connectivity index is 1.96. The zero-order valence-corrected chi connectivity index (χ0v) is 19.7. The van der Waals surface area contributed by atoms with E-state index in [1.54, 1.807) is 39.0 Å². The molecule has 3 rings (SSSR count). The lowest BCUT2D eigenvalue weighted by molar-refractivity contribution is -0.142. The van der Waals surface area contributed by atoms with Crippen molar-refractivity contribution >= 4 is 41.0 Å². The fourth-order valence-corrected chi connectivity index (χ4v) is 3.42. The molecule has 33 heavy (non-hydrogen) atoms. The van der Waals surface area contributed by atoms with Crippen LogP contribution in [0, 0.1) is 0 Å². The average Bonchev–Trinajstić information content (AvgIpc) is 2.87. The molecule has 0 aliphatic carbocycles. The van der Waals surface area contributed by atoms with Gasteiger partial charge in [-0.25, -0.2) is 4.79 Å². The Morgan fingerprint density at radius 1 is 1.18 bits per heavy atom. The van der Waals surface area contributed by atoms with Crippen LogP contribution in [0.4, 0.5) is 10.5 Å². The van der Waals surface area contributed by atoms with E-state index >= 15 is 0 Å². The molecule has 2 aromatic carbocycles. The summed E-state index contributed by atoms with van der Waals surface area (Å²) < 4.78 is 10.0. The maximum absolute atomic E-state index is 12.7. The summed E-state index contributed by atoms with van der Waals surface area (Å²) in [5.74, 6) is -0.959. The molecule has 9 heteroatoms.